The van der Waals surface area contributed by atoms with E-state index in [1.807, 2.05) is 46.4 Å². The minimum Gasteiger partial charge on any atom is -0.360 e. The number of halogens is 1. The Kier molecular flexibility index (Phi) is 7.99. The highest BCUT2D eigenvalue weighted by atomic mass is 32.2. The maximum absolute atomic E-state index is 13.2. The Hall–Kier alpha value is -2.00. The number of thiocarbonyl (C=S) groups is 1. The first kappa shape index (κ1) is 24.3. The van der Waals surface area contributed by atoms with Crippen LogP contribution in [0.25, 0.3) is 0 Å². The summed E-state index contributed by atoms with van der Waals surface area (Å²) in [5.41, 5.74) is 1.28. The number of nitrogens with one attached hydrogen (secondary N) is 1. The van der Waals surface area contributed by atoms with E-state index in [9.17, 15) is 12.8 Å². The summed E-state index contributed by atoms with van der Waals surface area (Å²) in [6, 6.07) is 5.68. The van der Waals surface area contributed by atoms with Crippen molar-refractivity contribution in [2.45, 2.75) is 77.1 Å². The first-order valence-corrected chi connectivity index (χ1v) is 12.1. The molecule has 2 aromatic rings. The number of sulfone groups is 1. The molecule has 9 heteroatoms. The molecule has 0 aliphatic carbocycles. The maximum Gasteiger partial charge on any atom is 0.228 e. The second-order valence-corrected chi connectivity index (χ2v) is 10.5. The topological polar surface area (TPSA) is 67.2 Å². The van der Waals surface area contributed by atoms with Gasteiger partial charge in [-0.15, -0.1) is 0 Å². The summed E-state index contributed by atoms with van der Waals surface area (Å²) in [7, 11) is -3.71. The van der Waals surface area contributed by atoms with Gasteiger partial charge in [-0.05, 0) is 71.5 Å². The highest BCUT2D eigenvalue weighted by molar-refractivity contribution is 7.90. The minimum absolute atomic E-state index is 0.0169. The van der Waals surface area contributed by atoms with Gasteiger partial charge in [0, 0.05) is 18.1 Å². The average molecular weight is 455 g/mol. The number of imidazole rings is 1. The van der Waals surface area contributed by atoms with Gasteiger partial charge >= 0.3 is 0 Å². The van der Waals surface area contributed by atoms with E-state index in [0.29, 0.717) is 17.2 Å². The molecule has 0 saturated heterocycles. The summed E-state index contributed by atoms with van der Waals surface area (Å²) in [6.07, 6.45) is 1.60. The number of hydrogen-bond acceptors (Lipinski definition) is 4. The van der Waals surface area contributed by atoms with Crippen LogP contribution >= 0.6 is 12.2 Å². The van der Waals surface area contributed by atoms with Crippen molar-refractivity contribution >= 4 is 27.2 Å². The molecule has 1 heterocycles. The lowest BCUT2D eigenvalue weighted by Gasteiger charge is -2.31. The second-order valence-electron chi connectivity index (χ2n) is 8.21. The van der Waals surface area contributed by atoms with Gasteiger partial charge < -0.3 is 14.8 Å². The number of benzene rings is 1. The van der Waals surface area contributed by atoms with E-state index >= 15 is 0 Å². The van der Waals surface area contributed by atoms with Gasteiger partial charge in [0.2, 0.25) is 15.0 Å². The van der Waals surface area contributed by atoms with E-state index in [4.69, 9.17) is 12.2 Å². The normalized spacial score (nSPS) is 12.1. The molecule has 0 unspecified atom stereocenters. The Morgan fingerprint density at radius 1 is 1.17 bits per heavy atom. The van der Waals surface area contributed by atoms with E-state index in [0.717, 1.165) is 5.69 Å². The average Bonchev–Trinajstić information content (AvgIpc) is 3.05. The van der Waals surface area contributed by atoms with Gasteiger partial charge in [-0.1, -0.05) is 12.1 Å². The third-order valence-corrected chi connectivity index (χ3v) is 6.46. The summed E-state index contributed by atoms with van der Waals surface area (Å²) in [6.45, 7) is 12.4. The van der Waals surface area contributed by atoms with E-state index < -0.39 is 15.7 Å². The molecule has 0 fully saturated rings. The molecule has 0 aliphatic heterocycles. The molecule has 0 saturated carbocycles. The molecule has 30 heavy (non-hydrogen) atoms. The Labute approximate surface area is 184 Å². The largest absolute Gasteiger partial charge is 0.360 e. The zero-order valence-electron chi connectivity index (χ0n) is 18.4. The summed E-state index contributed by atoms with van der Waals surface area (Å²) in [5, 5.41) is 3.88. The molecule has 2 rings (SSSR count). The second kappa shape index (κ2) is 9.87. The molecule has 0 aliphatic rings. The SMILES string of the molecule is CC(C)NC(=S)N(Cc1cnc(S(=O)(=O)Cc2ccc(F)cc2)n1C(C)C)C(C)C. The fourth-order valence-corrected chi connectivity index (χ4v) is 5.25. The van der Waals surface area contributed by atoms with Crippen molar-refractivity contribution in [2.75, 3.05) is 0 Å². The van der Waals surface area contributed by atoms with Crippen LogP contribution in [0.15, 0.2) is 35.6 Å². The Bertz CT molecular complexity index is 967. The van der Waals surface area contributed by atoms with Crippen LogP contribution in [0, 0.1) is 5.82 Å². The lowest BCUT2D eigenvalue weighted by atomic mass is 10.2. The minimum atomic E-state index is -3.71. The lowest BCUT2D eigenvalue weighted by Crippen LogP contribution is -2.46. The van der Waals surface area contributed by atoms with E-state index in [2.05, 4.69) is 10.3 Å². The van der Waals surface area contributed by atoms with Crippen molar-refractivity contribution in [3.8, 4) is 0 Å². The lowest BCUT2D eigenvalue weighted by molar-refractivity contribution is 0.320. The molecule has 6 nitrogen and oxygen atoms in total. The first-order chi connectivity index (χ1) is 13.9. The van der Waals surface area contributed by atoms with Gasteiger partial charge in [0.1, 0.15) is 5.82 Å². The fourth-order valence-electron chi connectivity index (χ4n) is 3.13. The van der Waals surface area contributed by atoms with Crippen molar-refractivity contribution in [3.63, 3.8) is 0 Å². The Balaban J connectivity index is 2.38. The van der Waals surface area contributed by atoms with E-state index in [1.54, 1.807) is 10.8 Å². The summed E-state index contributed by atoms with van der Waals surface area (Å²) in [4.78, 5) is 6.28. The van der Waals surface area contributed by atoms with E-state index in [1.165, 1.54) is 24.3 Å². The summed E-state index contributed by atoms with van der Waals surface area (Å²) < 4.78 is 41.1. The van der Waals surface area contributed by atoms with Crippen molar-refractivity contribution in [1.29, 1.82) is 0 Å². The van der Waals surface area contributed by atoms with Gasteiger partial charge in [0.25, 0.3) is 0 Å². The van der Waals surface area contributed by atoms with Crippen LogP contribution in [0.2, 0.25) is 0 Å². The number of hydrogen-bond donors (Lipinski definition) is 1. The van der Waals surface area contributed by atoms with E-state index in [-0.39, 0.29) is 29.0 Å². The highest BCUT2D eigenvalue weighted by Crippen LogP contribution is 2.23. The quantitative estimate of drug-likeness (QED) is 0.607. The molecule has 0 amide bonds. The standard InChI is InChI=1S/C21H31FN4O2S2/c1-14(2)24-20(29)25(15(3)4)12-19-11-23-21(26(19)16(5)6)30(27,28)13-17-7-9-18(22)10-8-17/h7-11,14-16H,12-13H2,1-6H3,(H,24,29). The van der Waals surface area contributed by atoms with Gasteiger partial charge in [0.05, 0.1) is 24.2 Å². The Morgan fingerprint density at radius 2 is 1.77 bits per heavy atom. The molecule has 1 aromatic carbocycles. The molecule has 1 N–H and O–H groups in total. The third kappa shape index (κ3) is 6.01. The van der Waals surface area contributed by atoms with Gasteiger partial charge in [-0.2, -0.15) is 0 Å². The van der Waals surface area contributed by atoms with Crippen LogP contribution in [-0.2, 0) is 22.1 Å². The van der Waals surface area contributed by atoms with Crippen molar-refractivity contribution in [2.24, 2.45) is 0 Å². The van der Waals surface area contributed by atoms with Crippen LogP contribution < -0.4 is 5.32 Å². The van der Waals surface area contributed by atoms with Crippen LogP contribution in [0.4, 0.5) is 4.39 Å². The zero-order chi connectivity index (χ0) is 22.6. The molecular formula is C21H31FN4O2S2. The fraction of sp³-hybridized carbons (Fsp3) is 0.524. The smallest absolute Gasteiger partial charge is 0.228 e. The molecule has 166 valence electrons. The monoisotopic (exact) mass is 454 g/mol. The highest BCUT2D eigenvalue weighted by Gasteiger charge is 2.27. The van der Waals surface area contributed by atoms with Crippen molar-refractivity contribution in [3.05, 3.63) is 47.5 Å². The van der Waals surface area contributed by atoms with Crippen LogP contribution in [-0.4, -0.2) is 40.1 Å². The van der Waals surface area contributed by atoms with Gasteiger partial charge in [-0.3, -0.25) is 0 Å². The summed E-state index contributed by atoms with van der Waals surface area (Å²) in [5.74, 6) is -0.639. The van der Waals surface area contributed by atoms with Crippen LogP contribution in [0.5, 0.6) is 0 Å². The summed E-state index contributed by atoms with van der Waals surface area (Å²) >= 11 is 5.55. The van der Waals surface area contributed by atoms with Crippen molar-refractivity contribution in [1.82, 2.24) is 19.8 Å². The molecule has 0 bridgehead atoms. The number of aromatic nitrogens is 2. The molecule has 0 radical (unpaired) electrons. The van der Waals surface area contributed by atoms with Crippen LogP contribution in [0.3, 0.4) is 0 Å². The predicted octanol–water partition coefficient (Wildman–Crippen LogP) is 4.07. The zero-order valence-corrected chi connectivity index (χ0v) is 20.0. The third-order valence-electron chi connectivity index (χ3n) is 4.53. The maximum atomic E-state index is 13.2. The Morgan fingerprint density at radius 3 is 2.27 bits per heavy atom. The predicted molar refractivity (Wildman–Crippen MR) is 121 cm³/mol. The van der Waals surface area contributed by atoms with Gasteiger partial charge in [-0.25, -0.2) is 17.8 Å². The molecule has 1 aromatic heterocycles. The van der Waals surface area contributed by atoms with Crippen molar-refractivity contribution < 1.29 is 12.8 Å². The first-order valence-electron chi connectivity index (χ1n) is 10.0. The van der Waals surface area contributed by atoms with Gasteiger partial charge in [0.15, 0.2) is 5.11 Å². The number of rotatable bonds is 8. The number of nitrogens with zero attached hydrogens (tertiary/aromatic N) is 3. The molecule has 0 spiro atoms. The van der Waals surface area contributed by atoms with Crippen LogP contribution in [0.1, 0.15) is 58.8 Å². The molecular weight excluding hydrogens is 423 g/mol. The molecule has 0 atom stereocenters.